The Morgan fingerprint density at radius 3 is 2.65 bits per heavy atom. The smallest absolute Gasteiger partial charge is 0.0667 e. The molecule has 0 bridgehead atoms. The Balaban J connectivity index is 1.88. The molecule has 1 saturated heterocycles. The standard InChI is InChI=1S/C16H26O/c1-11(2)16-14-9-4-3-7-12(14)13-8-5-6-10-15(13)17-16/h7,11,13-16H,3-6,8-10H2,1-2H3/t13-,14+,15-,16-/m0/s1. The van der Waals surface area contributed by atoms with Crippen molar-refractivity contribution >= 4 is 0 Å². The third-order valence-corrected chi connectivity index (χ3v) is 5.04. The molecule has 1 heteroatoms. The molecular formula is C16H26O. The maximum atomic E-state index is 6.48. The molecule has 1 aliphatic heterocycles. The Morgan fingerprint density at radius 1 is 1.06 bits per heavy atom. The minimum Gasteiger partial charge on any atom is -0.373 e. The van der Waals surface area contributed by atoms with Gasteiger partial charge in [-0.05, 0) is 38.0 Å². The van der Waals surface area contributed by atoms with Crippen molar-refractivity contribution in [3.8, 4) is 0 Å². The zero-order chi connectivity index (χ0) is 11.8. The van der Waals surface area contributed by atoms with Crippen molar-refractivity contribution in [3.05, 3.63) is 11.6 Å². The van der Waals surface area contributed by atoms with E-state index in [1.165, 1.54) is 44.9 Å². The van der Waals surface area contributed by atoms with Gasteiger partial charge in [0.1, 0.15) is 0 Å². The number of hydrogen-bond donors (Lipinski definition) is 0. The fourth-order valence-corrected chi connectivity index (χ4v) is 4.26. The lowest BCUT2D eigenvalue weighted by atomic mass is 9.67. The molecule has 3 rings (SSSR count). The minimum absolute atomic E-state index is 0.501. The molecule has 0 N–H and O–H groups in total. The van der Waals surface area contributed by atoms with Gasteiger partial charge in [-0.2, -0.15) is 0 Å². The monoisotopic (exact) mass is 234 g/mol. The van der Waals surface area contributed by atoms with E-state index >= 15 is 0 Å². The zero-order valence-corrected chi connectivity index (χ0v) is 11.3. The number of ether oxygens (including phenoxy) is 1. The van der Waals surface area contributed by atoms with E-state index in [0.717, 1.165) is 11.8 Å². The van der Waals surface area contributed by atoms with Gasteiger partial charge in [-0.15, -0.1) is 0 Å². The molecule has 4 atom stereocenters. The van der Waals surface area contributed by atoms with Crippen LogP contribution in [0.3, 0.4) is 0 Å². The summed E-state index contributed by atoms with van der Waals surface area (Å²) in [4.78, 5) is 0. The van der Waals surface area contributed by atoms with Crippen LogP contribution in [0.4, 0.5) is 0 Å². The molecule has 0 aromatic carbocycles. The predicted molar refractivity (Wildman–Crippen MR) is 70.9 cm³/mol. The average Bonchev–Trinajstić information content (AvgIpc) is 2.37. The van der Waals surface area contributed by atoms with Crippen molar-refractivity contribution in [3.63, 3.8) is 0 Å². The highest BCUT2D eigenvalue weighted by Crippen LogP contribution is 2.47. The first-order valence-electron chi connectivity index (χ1n) is 7.63. The van der Waals surface area contributed by atoms with Gasteiger partial charge in [-0.25, -0.2) is 0 Å². The van der Waals surface area contributed by atoms with Crippen LogP contribution in [0, 0.1) is 17.8 Å². The van der Waals surface area contributed by atoms with E-state index in [2.05, 4.69) is 19.9 Å². The van der Waals surface area contributed by atoms with Crippen LogP contribution in [0.1, 0.15) is 58.8 Å². The second-order valence-corrected chi connectivity index (χ2v) is 6.52. The van der Waals surface area contributed by atoms with Crippen LogP contribution in [-0.2, 0) is 4.74 Å². The first-order chi connectivity index (χ1) is 8.27. The minimum atomic E-state index is 0.501. The molecule has 96 valence electrons. The van der Waals surface area contributed by atoms with Crippen molar-refractivity contribution < 1.29 is 4.74 Å². The summed E-state index contributed by atoms with van der Waals surface area (Å²) in [6, 6.07) is 0. The van der Waals surface area contributed by atoms with E-state index < -0.39 is 0 Å². The molecule has 1 saturated carbocycles. The van der Waals surface area contributed by atoms with Crippen LogP contribution in [0.15, 0.2) is 11.6 Å². The zero-order valence-electron chi connectivity index (χ0n) is 11.3. The van der Waals surface area contributed by atoms with Crippen LogP contribution >= 0.6 is 0 Å². The van der Waals surface area contributed by atoms with Crippen LogP contribution in [0.2, 0.25) is 0 Å². The summed E-state index contributed by atoms with van der Waals surface area (Å²) in [5.41, 5.74) is 1.80. The Bertz CT molecular complexity index is 305. The second kappa shape index (κ2) is 4.76. The van der Waals surface area contributed by atoms with Gasteiger partial charge in [0.15, 0.2) is 0 Å². The lowest BCUT2D eigenvalue weighted by Gasteiger charge is -2.48. The van der Waals surface area contributed by atoms with Crippen molar-refractivity contribution in [2.45, 2.75) is 71.0 Å². The van der Waals surface area contributed by atoms with Crippen LogP contribution in [0.5, 0.6) is 0 Å². The average molecular weight is 234 g/mol. The van der Waals surface area contributed by atoms with E-state index in [1.807, 2.05) is 0 Å². The van der Waals surface area contributed by atoms with Crippen molar-refractivity contribution in [1.82, 2.24) is 0 Å². The lowest BCUT2D eigenvalue weighted by molar-refractivity contribution is -0.121. The summed E-state index contributed by atoms with van der Waals surface area (Å²) in [7, 11) is 0. The summed E-state index contributed by atoms with van der Waals surface area (Å²) >= 11 is 0. The van der Waals surface area contributed by atoms with Crippen LogP contribution in [0.25, 0.3) is 0 Å². The summed E-state index contributed by atoms with van der Waals surface area (Å²) in [5, 5.41) is 0. The fraction of sp³-hybridized carbons (Fsp3) is 0.875. The molecule has 17 heavy (non-hydrogen) atoms. The van der Waals surface area contributed by atoms with Gasteiger partial charge in [-0.1, -0.05) is 38.3 Å². The second-order valence-electron chi connectivity index (χ2n) is 6.52. The van der Waals surface area contributed by atoms with Crippen LogP contribution < -0.4 is 0 Å². The van der Waals surface area contributed by atoms with E-state index in [0.29, 0.717) is 18.1 Å². The van der Waals surface area contributed by atoms with Gasteiger partial charge in [0.2, 0.25) is 0 Å². The van der Waals surface area contributed by atoms with Gasteiger partial charge in [0.25, 0.3) is 0 Å². The molecule has 0 amide bonds. The molecule has 0 unspecified atom stereocenters. The van der Waals surface area contributed by atoms with E-state index in [4.69, 9.17) is 4.74 Å². The number of allylic oxidation sites excluding steroid dienone is 1. The van der Waals surface area contributed by atoms with Gasteiger partial charge in [-0.3, -0.25) is 0 Å². The Hall–Kier alpha value is -0.300. The Morgan fingerprint density at radius 2 is 1.82 bits per heavy atom. The summed E-state index contributed by atoms with van der Waals surface area (Å²) in [6.45, 7) is 4.67. The molecule has 2 aliphatic carbocycles. The molecular weight excluding hydrogens is 208 g/mol. The predicted octanol–water partition coefficient (Wildman–Crippen LogP) is 4.33. The number of rotatable bonds is 1. The third-order valence-electron chi connectivity index (χ3n) is 5.04. The van der Waals surface area contributed by atoms with Crippen LogP contribution in [-0.4, -0.2) is 12.2 Å². The highest BCUT2D eigenvalue weighted by molar-refractivity contribution is 5.20. The Labute approximate surface area is 106 Å². The summed E-state index contributed by atoms with van der Waals surface area (Å²) in [5.74, 6) is 2.21. The maximum Gasteiger partial charge on any atom is 0.0667 e. The molecule has 1 nitrogen and oxygen atoms in total. The van der Waals surface area contributed by atoms with Crippen molar-refractivity contribution in [2.24, 2.45) is 17.8 Å². The first kappa shape index (κ1) is 11.8. The highest BCUT2D eigenvalue weighted by atomic mass is 16.5. The van der Waals surface area contributed by atoms with Gasteiger partial charge >= 0.3 is 0 Å². The van der Waals surface area contributed by atoms with Crippen molar-refractivity contribution in [1.29, 1.82) is 0 Å². The summed E-state index contributed by atoms with van der Waals surface area (Å²) in [6.07, 6.45) is 13.2. The molecule has 1 heterocycles. The number of fused-ring (bicyclic) bond motifs is 3. The molecule has 0 aromatic rings. The Kier molecular flexibility index (Phi) is 3.30. The largest absolute Gasteiger partial charge is 0.373 e. The summed E-state index contributed by atoms with van der Waals surface area (Å²) < 4.78 is 6.48. The van der Waals surface area contributed by atoms with Gasteiger partial charge in [0.05, 0.1) is 12.2 Å². The topological polar surface area (TPSA) is 9.23 Å². The quantitative estimate of drug-likeness (QED) is 0.614. The fourth-order valence-electron chi connectivity index (χ4n) is 4.26. The molecule has 0 spiro atoms. The van der Waals surface area contributed by atoms with E-state index in [-0.39, 0.29) is 0 Å². The van der Waals surface area contributed by atoms with E-state index in [9.17, 15) is 0 Å². The highest BCUT2D eigenvalue weighted by Gasteiger charge is 2.43. The lowest BCUT2D eigenvalue weighted by Crippen LogP contribution is -2.47. The molecule has 0 aromatic heterocycles. The molecule has 2 fully saturated rings. The molecule has 3 aliphatic rings. The van der Waals surface area contributed by atoms with Crippen molar-refractivity contribution in [2.75, 3.05) is 0 Å². The van der Waals surface area contributed by atoms with E-state index in [1.54, 1.807) is 5.57 Å². The van der Waals surface area contributed by atoms with Gasteiger partial charge in [0, 0.05) is 11.8 Å². The SMILES string of the molecule is CC(C)[C@@H]1O[C@H]2CCCC[C@H]2C2=CCCC[C@H]21. The molecule has 0 radical (unpaired) electrons. The first-order valence-corrected chi connectivity index (χ1v) is 7.63. The maximum absolute atomic E-state index is 6.48. The third kappa shape index (κ3) is 2.07. The van der Waals surface area contributed by atoms with Gasteiger partial charge < -0.3 is 4.74 Å². The number of hydrogen-bond acceptors (Lipinski definition) is 1. The normalized spacial score (nSPS) is 41.7.